The van der Waals surface area contributed by atoms with Crippen molar-refractivity contribution in [1.82, 2.24) is 0 Å². The molecule has 0 aliphatic rings. The average Bonchev–Trinajstić information content (AvgIpc) is 2.65. The number of hydrogen-bond acceptors (Lipinski definition) is 2. The molecule has 136 valence electrons. The maximum atomic E-state index is 11.6. The molecular weight excluding hydrogens is 308 g/mol. The first kappa shape index (κ1) is 22.8. The van der Waals surface area contributed by atoms with Crippen molar-refractivity contribution in [3.05, 3.63) is 70.8 Å². The molecule has 2 aromatic carbocycles. The fraction of sp³-hybridized carbons (Fsp3) is 0.391. The topological polar surface area (TPSA) is 34.1 Å². The van der Waals surface area contributed by atoms with Crippen LogP contribution in [0.15, 0.2) is 48.5 Å². The smallest absolute Gasteiger partial charge is 0.160 e. The third-order valence-electron chi connectivity index (χ3n) is 3.69. The molecule has 0 saturated heterocycles. The summed E-state index contributed by atoms with van der Waals surface area (Å²) in [6.07, 6.45) is 2.62. The molecular formula is C23H32O2. The maximum Gasteiger partial charge on any atom is 0.160 e. The highest BCUT2D eigenvalue weighted by Gasteiger charge is 2.08. The minimum absolute atomic E-state index is 0.106. The van der Waals surface area contributed by atoms with Crippen molar-refractivity contribution >= 4 is 11.6 Å². The second-order valence-electron chi connectivity index (χ2n) is 5.28. The van der Waals surface area contributed by atoms with Crippen LogP contribution in [0.25, 0.3) is 0 Å². The lowest BCUT2D eigenvalue weighted by Gasteiger charge is -2.09. The Morgan fingerprint density at radius 1 is 0.640 bits per heavy atom. The summed E-state index contributed by atoms with van der Waals surface area (Å²) in [5.74, 6) is 0.212. The third-order valence-corrected chi connectivity index (χ3v) is 3.69. The number of carbonyl (C=O) groups excluding carboxylic acids is 2. The van der Waals surface area contributed by atoms with E-state index in [2.05, 4.69) is 0 Å². The van der Waals surface area contributed by atoms with Crippen LogP contribution < -0.4 is 0 Å². The predicted molar refractivity (Wildman–Crippen MR) is 108 cm³/mol. The van der Waals surface area contributed by atoms with Crippen molar-refractivity contribution in [2.75, 3.05) is 0 Å². The molecule has 0 radical (unpaired) electrons. The Morgan fingerprint density at radius 2 is 0.960 bits per heavy atom. The minimum atomic E-state index is 0.106. The van der Waals surface area contributed by atoms with Crippen LogP contribution in [-0.2, 0) is 12.8 Å². The highest BCUT2D eigenvalue weighted by atomic mass is 16.1. The Balaban J connectivity index is 0.00000134. The summed E-state index contributed by atoms with van der Waals surface area (Å²) in [6.45, 7) is 11.2. The van der Waals surface area contributed by atoms with Gasteiger partial charge in [0.2, 0.25) is 0 Å². The molecule has 0 N–H and O–H groups in total. The minimum Gasteiger partial charge on any atom is -0.295 e. The molecule has 0 aliphatic carbocycles. The van der Waals surface area contributed by atoms with Gasteiger partial charge in [-0.3, -0.25) is 9.59 Å². The van der Waals surface area contributed by atoms with E-state index in [9.17, 15) is 9.59 Å². The summed E-state index contributed by atoms with van der Waals surface area (Å²) in [4.78, 5) is 23.2. The van der Waals surface area contributed by atoms with Gasteiger partial charge in [0.05, 0.1) is 0 Å². The first-order chi connectivity index (χ1) is 12.1. The second-order valence-corrected chi connectivity index (χ2v) is 5.28. The first-order valence-electron chi connectivity index (χ1n) is 9.27. The summed E-state index contributed by atoms with van der Waals surface area (Å²) in [5, 5.41) is 0. The molecule has 2 rings (SSSR count). The van der Waals surface area contributed by atoms with Gasteiger partial charge in [0.25, 0.3) is 0 Å². The zero-order valence-corrected chi connectivity index (χ0v) is 16.6. The molecule has 0 unspecified atom stereocenters. The Kier molecular flexibility index (Phi) is 11.9. The molecule has 2 heteroatoms. The van der Waals surface area contributed by atoms with E-state index in [1.165, 1.54) is 0 Å². The number of rotatable bonds is 6. The molecule has 0 fully saturated rings. The van der Waals surface area contributed by atoms with Crippen LogP contribution in [0.4, 0.5) is 0 Å². The molecule has 0 aliphatic heterocycles. The van der Waals surface area contributed by atoms with Gasteiger partial charge in [-0.25, -0.2) is 0 Å². The normalized spacial score (nSPS) is 9.20. The maximum absolute atomic E-state index is 11.6. The van der Waals surface area contributed by atoms with Crippen molar-refractivity contribution in [1.29, 1.82) is 0 Å². The van der Waals surface area contributed by atoms with Crippen LogP contribution in [0, 0.1) is 0 Å². The third kappa shape index (κ3) is 7.47. The molecule has 0 amide bonds. The molecule has 2 aromatic rings. The summed E-state index contributed by atoms with van der Waals surface area (Å²) >= 11 is 0. The van der Waals surface area contributed by atoms with Gasteiger partial charge in [0, 0.05) is 11.1 Å². The van der Waals surface area contributed by atoms with Gasteiger partial charge in [0.15, 0.2) is 11.6 Å². The molecule has 25 heavy (non-hydrogen) atoms. The Labute approximate surface area is 153 Å². The molecule has 0 aromatic heterocycles. The quantitative estimate of drug-likeness (QED) is 0.577. The highest BCUT2D eigenvalue weighted by molar-refractivity contribution is 5.96. The summed E-state index contributed by atoms with van der Waals surface area (Å²) < 4.78 is 0. The number of hydrogen-bond donors (Lipinski definition) is 0. The number of benzene rings is 2. The van der Waals surface area contributed by atoms with Crippen molar-refractivity contribution in [2.24, 2.45) is 0 Å². The number of Topliss-reactive ketones (excluding diaryl/α,β-unsaturated/α-hetero) is 2. The predicted octanol–water partition coefficient (Wildman–Crippen LogP) is 6.32. The fourth-order valence-electron chi connectivity index (χ4n) is 2.63. The summed E-state index contributed by atoms with van der Waals surface area (Å²) in [6, 6.07) is 15.5. The van der Waals surface area contributed by atoms with Crippen LogP contribution in [0.5, 0.6) is 0 Å². The van der Waals surface area contributed by atoms with Gasteiger partial charge < -0.3 is 0 Å². The van der Waals surface area contributed by atoms with E-state index in [0.717, 1.165) is 41.5 Å². The van der Waals surface area contributed by atoms with E-state index in [0.29, 0.717) is 0 Å². The molecule has 0 bridgehead atoms. The molecule has 0 atom stereocenters. The SMILES string of the molecule is CC.CC.CC(=O)c1ccccc1CCCc1ccccc1C(C)=O. The Morgan fingerprint density at radius 3 is 1.28 bits per heavy atom. The Hall–Kier alpha value is -2.22. The van der Waals surface area contributed by atoms with E-state index in [4.69, 9.17) is 0 Å². The van der Waals surface area contributed by atoms with Gasteiger partial charge in [-0.15, -0.1) is 0 Å². The molecule has 0 heterocycles. The van der Waals surface area contributed by atoms with Crippen LogP contribution in [0.1, 0.15) is 79.8 Å². The first-order valence-corrected chi connectivity index (χ1v) is 9.27. The van der Waals surface area contributed by atoms with E-state index in [-0.39, 0.29) is 11.6 Å². The van der Waals surface area contributed by atoms with Gasteiger partial charge >= 0.3 is 0 Å². The van der Waals surface area contributed by atoms with Gasteiger partial charge in [-0.1, -0.05) is 76.2 Å². The molecule has 2 nitrogen and oxygen atoms in total. The van der Waals surface area contributed by atoms with Gasteiger partial charge in [-0.05, 0) is 44.2 Å². The van der Waals surface area contributed by atoms with Crippen LogP contribution in [0.3, 0.4) is 0 Å². The van der Waals surface area contributed by atoms with Crippen molar-refractivity contribution in [3.63, 3.8) is 0 Å². The van der Waals surface area contributed by atoms with E-state index in [1.54, 1.807) is 13.8 Å². The van der Waals surface area contributed by atoms with Crippen LogP contribution in [-0.4, -0.2) is 11.6 Å². The monoisotopic (exact) mass is 340 g/mol. The number of ketones is 2. The zero-order valence-electron chi connectivity index (χ0n) is 16.6. The number of carbonyl (C=O) groups is 2. The van der Waals surface area contributed by atoms with Crippen molar-refractivity contribution in [2.45, 2.75) is 60.8 Å². The zero-order chi connectivity index (χ0) is 19.2. The largest absolute Gasteiger partial charge is 0.295 e. The molecule has 0 saturated carbocycles. The van der Waals surface area contributed by atoms with Crippen molar-refractivity contribution in [3.8, 4) is 0 Å². The lowest BCUT2D eigenvalue weighted by Crippen LogP contribution is -2.02. The number of aryl methyl sites for hydroxylation is 2. The molecule has 0 spiro atoms. The van der Waals surface area contributed by atoms with E-state index >= 15 is 0 Å². The summed E-state index contributed by atoms with van der Waals surface area (Å²) in [5.41, 5.74) is 3.78. The second kappa shape index (κ2) is 13.1. The highest BCUT2D eigenvalue weighted by Crippen LogP contribution is 2.16. The summed E-state index contributed by atoms with van der Waals surface area (Å²) in [7, 11) is 0. The Bertz CT molecular complexity index is 599. The standard InChI is InChI=1S/C19H20O2.2C2H6/c1-14(20)18-12-5-3-8-16(18)10-7-11-17-9-4-6-13-19(17)15(2)21;2*1-2/h3-6,8-9,12-13H,7,10-11H2,1-2H3;2*1-2H3. The average molecular weight is 341 g/mol. The van der Waals surface area contributed by atoms with Gasteiger partial charge in [0.1, 0.15) is 0 Å². The van der Waals surface area contributed by atoms with Gasteiger partial charge in [-0.2, -0.15) is 0 Å². The van der Waals surface area contributed by atoms with Crippen molar-refractivity contribution < 1.29 is 9.59 Å². The van der Waals surface area contributed by atoms with E-state index in [1.807, 2.05) is 76.2 Å². The lowest BCUT2D eigenvalue weighted by atomic mass is 9.95. The lowest BCUT2D eigenvalue weighted by molar-refractivity contribution is 0.100. The van der Waals surface area contributed by atoms with Crippen LogP contribution in [0.2, 0.25) is 0 Å². The van der Waals surface area contributed by atoms with E-state index < -0.39 is 0 Å². The fourth-order valence-corrected chi connectivity index (χ4v) is 2.63. The van der Waals surface area contributed by atoms with Crippen LogP contribution >= 0.6 is 0 Å².